The summed E-state index contributed by atoms with van der Waals surface area (Å²) in [4.78, 5) is 24.3. The van der Waals surface area contributed by atoms with Crippen LogP contribution in [0.25, 0.3) is 0 Å². The molecule has 1 unspecified atom stereocenters. The van der Waals surface area contributed by atoms with E-state index in [-0.39, 0.29) is 17.0 Å². The Bertz CT molecular complexity index is 991. The van der Waals surface area contributed by atoms with Crippen molar-refractivity contribution in [1.29, 1.82) is 0 Å². The van der Waals surface area contributed by atoms with Gasteiger partial charge in [-0.15, -0.1) is 0 Å². The summed E-state index contributed by atoms with van der Waals surface area (Å²) >= 11 is 0. The molecule has 0 aromatic heterocycles. The number of benzene rings is 1. The summed E-state index contributed by atoms with van der Waals surface area (Å²) in [7, 11) is -2.58. The fourth-order valence-electron chi connectivity index (χ4n) is 6.72. The Morgan fingerprint density at radius 2 is 1.66 bits per heavy atom. The molecule has 4 fully saturated rings. The van der Waals surface area contributed by atoms with Gasteiger partial charge >= 0.3 is 0 Å². The molecule has 4 aliphatic rings. The minimum Gasteiger partial charge on any atom is -0.298 e. The van der Waals surface area contributed by atoms with Gasteiger partial charge in [-0.2, -0.15) is 4.31 Å². The second kappa shape index (κ2) is 8.20. The smallest absolute Gasteiger partial charge is 0.273 e. The third-order valence-electron chi connectivity index (χ3n) is 8.71. The molecule has 1 aromatic rings. The van der Waals surface area contributed by atoms with E-state index in [0.717, 1.165) is 16.1 Å². The maximum absolute atomic E-state index is 13.5. The van der Waals surface area contributed by atoms with Crippen LogP contribution in [-0.2, 0) is 14.8 Å². The average Bonchev–Trinajstić information content (AvgIpc) is 2.74. The number of hydrogen-bond acceptors (Lipinski definition) is 5. The lowest BCUT2D eigenvalue weighted by Crippen LogP contribution is -2.53. The van der Waals surface area contributed by atoms with Crippen LogP contribution in [0.2, 0.25) is 0 Å². The molecule has 0 saturated heterocycles. The molecule has 1 aromatic carbocycles. The standard InChI is InChI=1S/C24H34N2O5S/c1-15(20-7-5-6-8-22(20)26(28)29)32(30,31)25(4)24(2,3)23(27)14-21-18-10-16-9-17(12-18)13-19(21)11-16/h5-8,15-19,21H,9-14H2,1-4H3. The lowest BCUT2D eigenvalue weighted by molar-refractivity contribution is -0.385. The summed E-state index contributed by atoms with van der Waals surface area (Å²) in [5.41, 5.74) is -1.31. The van der Waals surface area contributed by atoms with E-state index in [1.165, 1.54) is 64.3 Å². The number of Topliss-reactive ketones (excluding diaryl/α,β-unsaturated/α-hetero) is 1. The van der Waals surface area contributed by atoms with Crippen LogP contribution in [0.15, 0.2) is 24.3 Å². The first-order chi connectivity index (χ1) is 14.9. The highest BCUT2D eigenvalue weighted by molar-refractivity contribution is 7.89. The van der Waals surface area contributed by atoms with Crippen LogP contribution < -0.4 is 0 Å². The van der Waals surface area contributed by atoms with Crippen molar-refractivity contribution in [3.63, 3.8) is 0 Å². The topological polar surface area (TPSA) is 97.6 Å². The Kier molecular flexibility index (Phi) is 5.99. The lowest BCUT2D eigenvalue weighted by atomic mass is 9.51. The van der Waals surface area contributed by atoms with Gasteiger partial charge in [0.2, 0.25) is 10.0 Å². The van der Waals surface area contributed by atoms with Crippen molar-refractivity contribution >= 4 is 21.5 Å². The number of carbonyl (C=O) groups excluding carboxylic acids is 1. The SMILES string of the molecule is CC(c1ccccc1[N+](=O)[O-])S(=O)(=O)N(C)C(C)(C)C(=O)CC1C2CC3CC(C2)CC1C3. The largest absolute Gasteiger partial charge is 0.298 e. The number of carbonyl (C=O) groups is 1. The first kappa shape index (κ1) is 23.4. The number of para-hydroxylation sites is 1. The first-order valence-corrected chi connectivity index (χ1v) is 13.2. The summed E-state index contributed by atoms with van der Waals surface area (Å²) in [6.07, 6.45) is 6.63. The second-order valence-electron chi connectivity index (χ2n) is 10.8. The molecule has 0 radical (unpaired) electrons. The van der Waals surface area contributed by atoms with Crippen molar-refractivity contribution < 1.29 is 18.1 Å². The minimum atomic E-state index is -4.00. The second-order valence-corrected chi connectivity index (χ2v) is 13.0. The highest BCUT2D eigenvalue weighted by Gasteiger charge is 2.50. The summed E-state index contributed by atoms with van der Waals surface area (Å²) in [6, 6.07) is 5.89. The summed E-state index contributed by atoms with van der Waals surface area (Å²) in [6.45, 7) is 4.77. The van der Waals surface area contributed by atoms with E-state index in [1.807, 2.05) is 0 Å². The molecule has 4 saturated carbocycles. The Balaban J connectivity index is 1.53. The van der Waals surface area contributed by atoms with Gasteiger partial charge in [0.1, 0.15) is 5.25 Å². The zero-order chi connectivity index (χ0) is 23.4. The van der Waals surface area contributed by atoms with Crippen molar-refractivity contribution in [2.45, 2.75) is 70.1 Å². The predicted octanol–water partition coefficient (Wildman–Crippen LogP) is 4.73. The molecule has 0 N–H and O–H groups in total. The maximum Gasteiger partial charge on any atom is 0.273 e. The number of rotatable bonds is 8. The number of ketones is 1. The van der Waals surface area contributed by atoms with E-state index in [2.05, 4.69) is 0 Å². The van der Waals surface area contributed by atoms with Crippen molar-refractivity contribution in [2.24, 2.45) is 29.6 Å². The number of sulfonamides is 1. The zero-order valence-electron chi connectivity index (χ0n) is 19.4. The van der Waals surface area contributed by atoms with Crippen molar-refractivity contribution in [3.8, 4) is 0 Å². The fraction of sp³-hybridized carbons (Fsp3) is 0.708. The monoisotopic (exact) mass is 462 g/mol. The molecular weight excluding hydrogens is 428 g/mol. The van der Waals surface area contributed by atoms with E-state index in [4.69, 9.17) is 0 Å². The van der Waals surface area contributed by atoms with E-state index in [0.29, 0.717) is 24.2 Å². The van der Waals surface area contributed by atoms with Crippen molar-refractivity contribution in [2.75, 3.05) is 7.05 Å². The number of nitro benzene ring substituents is 1. The van der Waals surface area contributed by atoms with Gasteiger partial charge in [0.15, 0.2) is 5.78 Å². The van der Waals surface area contributed by atoms with Gasteiger partial charge in [-0.05, 0) is 82.5 Å². The normalized spacial score (nSPS) is 30.5. The van der Waals surface area contributed by atoms with Gasteiger partial charge in [0.05, 0.1) is 10.5 Å². The average molecular weight is 463 g/mol. The van der Waals surface area contributed by atoms with Gasteiger partial charge in [0, 0.05) is 25.1 Å². The number of hydrogen-bond donors (Lipinski definition) is 0. The zero-order valence-corrected chi connectivity index (χ0v) is 20.2. The van der Waals surface area contributed by atoms with E-state index < -0.39 is 25.7 Å². The van der Waals surface area contributed by atoms with Gasteiger partial charge in [-0.3, -0.25) is 14.9 Å². The molecular formula is C24H34N2O5S. The first-order valence-electron chi connectivity index (χ1n) is 11.7. The van der Waals surface area contributed by atoms with Gasteiger partial charge in [-0.1, -0.05) is 18.2 Å². The third kappa shape index (κ3) is 3.89. The van der Waals surface area contributed by atoms with Crippen LogP contribution >= 0.6 is 0 Å². The van der Waals surface area contributed by atoms with Crippen molar-refractivity contribution in [1.82, 2.24) is 4.31 Å². The summed E-state index contributed by atoms with van der Waals surface area (Å²) in [5, 5.41) is 10.3. The maximum atomic E-state index is 13.5. The molecule has 32 heavy (non-hydrogen) atoms. The number of likely N-dealkylation sites (N-methyl/N-ethyl adjacent to an activating group) is 1. The van der Waals surface area contributed by atoms with Gasteiger partial charge in [-0.25, -0.2) is 8.42 Å². The molecule has 0 spiro atoms. The molecule has 8 heteroatoms. The Morgan fingerprint density at radius 1 is 1.12 bits per heavy atom. The van der Waals surface area contributed by atoms with Crippen LogP contribution in [0.5, 0.6) is 0 Å². The fourth-order valence-corrected chi connectivity index (χ4v) is 8.46. The molecule has 176 valence electrons. The Morgan fingerprint density at radius 3 is 2.19 bits per heavy atom. The van der Waals surface area contributed by atoms with Gasteiger partial charge in [0.25, 0.3) is 5.69 Å². The van der Waals surface area contributed by atoms with Crippen LogP contribution in [-0.4, -0.2) is 36.0 Å². The van der Waals surface area contributed by atoms with E-state index in [9.17, 15) is 23.3 Å². The molecule has 0 aliphatic heterocycles. The van der Waals surface area contributed by atoms with Crippen LogP contribution in [0, 0.1) is 39.7 Å². The Labute approximate surface area is 190 Å². The summed E-state index contributed by atoms with van der Waals surface area (Å²) in [5.74, 6) is 3.14. The van der Waals surface area contributed by atoms with Crippen LogP contribution in [0.3, 0.4) is 0 Å². The number of nitrogens with zero attached hydrogens (tertiary/aromatic N) is 2. The lowest BCUT2D eigenvalue weighted by Gasteiger charge is -2.54. The van der Waals surface area contributed by atoms with E-state index in [1.54, 1.807) is 19.9 Å². The Hall–Kier alpha value is -1.80. The molecule has 4 aliphatic carbocycles. The van der Waals surface area contributed by atoms with Crippen molar-refractivity contribution in [3.05, 3.63) is 39.9 Å². The highest BCUT2D eigenvalue weighted by Crippen LogP contribution is 2.57. The number of nitro groups is 1. The predicted molar refractivity (Wildman–Crippen MR) is 122 cm³/mol. The van der Waals surface area contributed by atoms with Crippen LogP contribution in [0.1, 0.15) is 70.1 Å². The molecule has 7 nitrogen and oxygen atoms in total. The van der Waals surface area contributed by atoms with E-state index >= 15 is 0 Å². The molecule has 0 heterocycles. The molecule has 5 rings (SSSR count). The van der Waals surface area contributed by atoms with Gasteiger partial charge < -0.3 is 0 Å². The highest BCUT2D eigenvalue weighted by atomic mass is 32.2. The van der Waals surface area contributed by atoms with Crippen LogP contribution in [0.4, 0.5) is 5.69 Å². The quantitative estimate of drug-likeness (QED) is 0.411. The molecule has 0 amide bonds. The molecule has 1 atom stereocenters. The third-order valence-corrected chi connectivity index (χ3v) is 11.1. The molecule has 4 bridgehead atoms. The summed E-state index contributed by atoms with van der Waals surface area (Å²) < 4.78 is 28.0. The minimum absolute atomic E-state index is 0.0594.